The van der Waals surface area contributed by atoms with Crippen molar-refractivity contribution in [3.8, 4) is 17.4 Å². The molecular formula is C13H17N3O. The number of hydrogen-bond acceptors (Lipinski definition) is 3. The van der Waals surface area contributed by atoms with Gasteiger partial charge in [-0.2, -0.15) is 4.98 Å². The maximum absolute atomic E-state index is 4.94. The molecule has 0 radical (unpaired) electrons. The highest BCUT2D eigenvalue weighted by atomic mass is 16.5. The van der Waals surface area contributed by atoms with Gasteiger partial charge < -0.3 is 4.74 Å². The summed E-state index contributed by atoms with van der Waals surface area (Å²) in [6, 6.07) is 8.68. The summed E-state index contributed by atoms with van der Waals surface area (Å²) in [5.74, 6) is 0.724. The SMILES string of the molecule is COc1n[nH]c(-c2ccc(C(C)(C)C)cc2)n1. The highest BCUT2D eigenvalue weighted by molar-refractivity contribution is 5.55. The molecule has 1 aromatic carbocycles. The molecule has 0 aliphatic carbocycles. The molecule has 0 atom stereocenters. The van der Waals surface area contributed by atoms with Gasteiger partial charge in [0.15, 0.2) is 5.82 Å². The second kappa shape index (κ2) is 4.20. The Morgan fingerprint density at radius 3 is 2.24 bits per heavy atom. The minimum Gasteiger partial charge on any atom is -0.466 e. The van der Waals surface area contributed by atoms with Gasteiger partial charge in [-0.05, 0) is 11.0 Å². The number of aromatic amines is 1. The Balaban J connectivity index is 2.29. The normalized spacial score (nSPS) is 11.5. The molecule has 0 aliphatic rings. The Morgan fingerprint density at radius 1 is 1.12 bits per heavy atom. The van der Waals surface area contributed by atoms with Crippen molar-refractivity contribution >= 4 is 0 Å². The minimum atomic E-state index is 0.164. The molecule has 0 unspecified atom stereocenters. The molecule has 0 saturated carbocycles. The molecular weight excluding hydrogens is 214 g/mol. The summed E-state index contributed by atoms with van der Waals surface area (Å²) < 4.78 is 4.94. The van der Waals surface area contributed by atoms with Crippen molar-refractivity contribution in [3.05, 3.63) is 29.8 Å². The highest BCUT2D eigenvalue weighted by Gasteiger charge is 2.13. The lowest BCUT2D eigenvalue weighted by molar-refractivity contribution is 0.382. The third kappa shape index (κ3) is 2.46. The van der Waals surface area contributed by atoms with Crippen LogP contribution in [0, 0.1) is 0 Å². The molecule has 1 aromatic heterocycles. The van der Waals surface area contributed by atoms with Gasteiger partial charge in [-0.3, -0.25) is 5.10 Å². The van der Waals surface area contributed by atoms with E-state index in [1.807, 2.05) is 12.1 Å². The number of benzene rings is 1. The number of nitrogens with one attached hydrogen (secondary N) is 1. The minimum absolute atomic E-state index is 0.164. The first-order valence-electron chi connectivity index (χ1n) is 5.58. The van der Waals surface area contributed by atoms with Gasteiger partial charge in [0.25, 0.3) is 0 Å². The van der Waals surface area contributed by atoms with E-state index in [0.717, 1.165) is 11.4 Å². The van der Waals surface area contributed by atoms with Gasteiger partial charge in [0.2, 0.25) is 0 Å². The standard InChI is InChI=1S/C13H17N3O/c1-13(2,3)10-7-5-9(6-8-10)11-14-12(17-4)16-15-11/h5-8H,1-4H3,(H,14,15,16). The topological polar surface area (TPSA) is 50.8 Å². The van der Waals surface area contributed by atoms with Crippen LogP contribution in [0.5, 0.6) is 6.01 Å². The van der Waals surface area contributed by atoms with E-state index < -0.39 is 0 Å². The summed E-state index contributed by atoms with van der Waals surface area (Å²) in [7, 11) is 1.55. The molecule has 0 spiro atoms. The largest absolute Gasteiger partial charge is 0.466 e. The van der Waals surface area contributed by atoms with Crippen molar-refractivity contribution in [2.24, 2.45) is 0 Å². The van der Waals surface area contributed by atoms with Crippen LogP contribution < -0.4 is 4.74 Å². The summed E-state index contributed by atoms with van der Waals surface area (Å²) in [4.78, 5) is 4.20. The number of H-pyrrole nitrogens is 1. The third-order valence-corrected chi connectivity index (χ3v) is 2.67. The molecule has 2 rings (SSSR count). The number of rotatable bonds is 2. The smallest absolute Gasteiger partial charge is 0.335 e. The molecule has 2 aromatic rings. The number of methoxy groups -OCH3 is 1. The lowest BCUT2D eigenvalue weighted by Crippen LogP contribution is -2.10. The van der Waals surface area contributed by atoms with Crippen molar-refractivity contribution in [1.29, 1.82) is 0 Å². The van der Waals surface area contributed by atoms with Crippen LogP contribution in [0.4, 0.5) is 0 Å². The van der Waals surface area contributed by atoms with Gasteiger partial charge in [0.1, 0.15) is 0 Å². The molecule has 0 fully saturated rings. The molecule has 4 nitrogen and oxygen atoms in total. The average molecular weight is 231 g/mol. The van der Waals surface area contributed by atoms with Gasteiger partial charge in [-0.1, -0.05) is 45.0 Å². The summed E-state index contributed by atoms with van der Waals surface area (Å²) >= 11 is 0. The predicted molar refractivity (Wildman–Crippen MR) is 67.1 cm³/mol. The van der Waals surface area contributed by atoms with E-state index in [2.05, 4.69) is 48.1 Å². The van der Waals surface area contributed by atoms with E-state index in [1.165, 1.54) is 5.56 Å². The number of ether oxygens (including phenoxy) is 1. The molecule has 1 heterocycles. The monoisotopic (exact) mass is 231 g/mol. The molecule has 90 valence electrons. The first-order chi connectivity index (χ1) is 8.00. The van der Waals surface area contributed by atoms with E-state index >= 15 is 0 Å². The number of aromatic nitrogens is 3. The fourth-order valence-electron chi connectivity index (χ4n) is 1.59. The average Bonchev–Trinajstić information content (AvgIpc) is 2.76. The fourth-order valence-corrected chi connectivity index (χ4v) is 1.59. The van der Waals surface area contributed by atoms with Crippen molar-refractivity contribution in [2.45, 2.75) is 26.2 Å². The zero-order valence-corrected chi connectivity index (χ0v) is 10.6. The fraction of sp³-hybridized carbons (Fsp3) is 0.385. The van der Waals surface area contributed by atoms with Crippen LogP contribution in [-0.4, -0.2) is 22.3 Å². The highest BCUT2D eigenvalue weighted by Crippen LogP contribution is 2.25. The van der Waals surface area contributed by atoms with Crippen LogP contribution in [0.1, 0.15) is 26.3 Å². The maximum Gasteiger partial charge on any atom is 0.335 e. The van der Waals surface area contributed by atoms with Gasteiger partial charge in [-0.15, -0.1) is 5.10 Å². The molecule has 0 amide bonds. The van der Waals surface area contributed by atoms with E-state index in [9.17, 15) is 0 Å². The molecule has 1 N–H and O–H groups in total. The number of hydrogen-bond donors (Lipinski definition) is 1. The lowest BCUT2D eigenvalue weighted by atomic mass is 9.87. The molecule has 0 aliphatic heterocycles. The van der Waals surface area contributed by atoms with Crippen molar-refractivity contribution in [1.82, 2.24) is 15.2 Å². The lowest BCUT2D eigenvalue weighted by Gasteiger charge is -2.18. The molecule has 0 bridgehead atoms. The van der Waals surface area contributed by atoms with Crippen molar-refractivity contribution < 1.29 is 4.74 Å². The Hall–Kier alpha value is -1.84. The van der Waals surface area contributed by atoms with Gasteiger partial charge in [0.05, 0.1) is 7.11 Å². The maximum atomic E-state index is 4.94. The van der Waals surface area contributed by atoms with Crippen LogP contribution in [0.3, 0.4) is 0 Å². The number of nitrogens with zero attached hydrogens (tertiary/aromatic N) is 2. The second-order valence-electron chi connectivity index (χ2n) is 5.00. The van der Waals surface area contributed by atoms with Crippen molar-refractivity contribution in [2.75, 3.05) is 7.11 Å². The van der Waals surface area contributed by atoms with E-state index in [4.69, 9.17) is 4.74 Å². The van der Waals surface area contributed by atoms with Crippen LogP contribution in [0.2, 0.25) is 0 Å². The van der Waals surface area contributed by atoms with Gasteiger partial charge in [-0.25, -0.2) is 0 Å². The van der Waals surface area contributed by atoms with E-state index in [0.29, 0.717) is 6.01 Å². The van der Waals surface area contributed by atoms with Crippen LogP contribution in [0.25, 0.3) is 11.4 Å². The zero-order valence-electron chi connectivity index (χ0n) is 10.6. The molecule has 17 heavy (non-hydrogen) atoms. The van der Waals surface area contributed by atoms with Gasteiger partial charge >= 0.3 is 6.01 Å². The molecule has 4 heteroatoms. The Morgan fingerprint density at radius 2 is 1.76 bits per heavy atom. The third-order valence-electron chi connectivity index (χ3n) is 2.67. The van der Waals surface area contributed by atoms with Crippen LogP contribution in [0.15, 0.2) is 24.3 Å². The first-order valence-corrected chi connectivity index (χ1v) is 5.58. The summed E-state index contributed by atoms with van der Waals surface area (Å²) in [6.45, 7) is 6.58. The van der Waals surface area contributed by atoms with Gasteiger partial charge in [0, 0.05) is 5.56 Å². The molecule has 0 saturated heterocycles. The quantitative estimate of drug-likeness (QED) is 0.864. The summed E-state index contributed by atoms with van der Waals surface area (Å²) in [5, 5.41) is 6.77. The Labute approximate surface area is 101 Å². The Bertz CT molecular complexity index is 494. The van der Waals surface area contributed by atoms with Crippen LogP contribution in [-0.2, 0) is 5.41 Å². The van der Waals surface area contributed by atoms with Crippen LogP contribution >= 0.6 is 0 Å². The predicted octanol–water partition coefficient (Wildman–Crippen LogP) is 2.78. The van der Waals surface area contributed by atoms with Crippen molar-refractivity contribution in [3.63, 3.8) is 0 Å². The summed E-state index contributed by atoms with van der Waals surface area (Å²) in [5.41, 5.74) is 2.47. The van der Waals surface area contributed by atoms with E-state index in [-0.39, 0.29) is 5.41 Å². The summed E-state index contributed by atoms with van der Waals surface area (Å²) in [6.07, 6.45) is 0. The Kier molecular flexibility index (Phi) is 2.88. The van der Waals surface area contributed by atoms with E-state index in [1.54, 1.807) is 7.11 Å². The first kappa shape index (κ1) is 11.6. The second-order valence-corrected chi connectivity index (χ2v) is 5.00. The zero-order chi connectivity index (χ0) is 12.5.